The zero-order chi connectivity index (χ0) is 13.4. The summed E-state index contributed by atoms with van der Waals surface area (Å²) < 4.78 is 2.16. The van der Waals surface area contributed by atoms with E-state index < -0.39 is 0 Å². The van der Waals surface area contributed by atoms with E-state index in [0.717, 1.165) is 0 Å². The molecule has 0 radical (unpaired) electrons. The number of rotatable bonds is 2. The molecule has 1 heteroatoms. The molecule has 1 nitrogen and oxygen atoms in total. The molecule has 2 aromatic carbocycles. The summed E-state index contributed by atoms with van der Waals surface area (Å²) in [5.41, 5.74) is 5.36. The summed E-state index contributed by atoms with van der Waals surface area (Å²) in [5.74, 6) is 0.544. The van der Waals surface area contributed by atoms with E-state index >= 15 is 0 Å². The highest BCUT2D eigenvalue weighted by molar-refractivity contribution is 5.86. The van der Waals surface area contributed by atoms with Crippen LogP contribution >= 0.6 is 0 Å². The third-order valence-corrected chi connectivity index (χ3v) is 3.78. The highest BCUT2D eigenvalue weighted by Crippen LogP contribution is 2.31. The number of fused-ring (bicyclic) bond motifs is 1. The third-order valence-electron chi connectivity index (χ3n) is 3.78. The fraction of sp³-hybridized carbons (Fsp3) is 0.222. The lowest BCUT2D eigenvalue weighted by Crippen LogP contribution is -1.92. The van der Waals surface area contributed by atoms with Crippen molar-refractivity contribution < 1.29 is 0 Å². The Balaban J connectivity index is 2.19. The maximum absolute atomic E-state index is 2.29. The minimum atomic E-state index is 0.544. The molecule has 19 heavy (non-hydrogen) atoms. The predicted molar refractivity (Wildman–Crippen MR) is 82.4 cm³/mol. The fourth-order valence-corrected chi connectivity index (χ4v) is 2.71. The van der Waals surface area contributed by atoms with E-state index in [0.29, 0.717) is 5.92 Å². The molecule has 3 aromatic rings. The minimum absolute atomic E-state index is 0.544. The molecule has 0 unspecified atom stereocenters. The molecule has 1 heterocycles. The van der Waals surface area contributed by atoms with Crippen LogP contribution in [0.25, 0.3) is 22.0 Å². The predicted octanol–water partition coefficient (Wildman–Crippen LogP) is 4.97. The molecule has 0 N–H and O–H groups in total. The first-order valence-electron chi connectivity index (χ1n) is 6.81. The molecule has 0 spiro atoms. The third kappa shape index (κ3) is 2.06. The highest BCUT2D eigenvalue weighted by Gasteiger charge is 2.08. The summed E-state index contributed by atoms with van der Waals surface area (Å²) in [6, 6.07) is 17.6. The molecule has 0 saturated carbocycles. The van der Waals surface area contributed by atoms with Crippen LogP contribution < -0.4 is 0 Å². The minimum Gasteiger partial charge on any atom is -0.351 e. The quantitative estimate of drug-likeness (QED) is 0.604. The van der Waals surface area contributed by atoms with Gasteiger partial charge in [-0.2, -0.15) is 0 Å². The number of hydrogen-bond donors (Lipinski definition) is 0. The first-order valence-corrected chi connectivity index (χ1v) is 6.81. The Hall–Kier alpha value is -2.02. The van der Waals surface area contributed by atoms with Crippen LogP contribution in [0.4, 0.5) is 0 Å². The summed E-state index contributed by atoms with van der Waals surface area (Å²) in [6.07, 6.45) is 2.11. The van der Waals surface area contributed by atoms with Crippen LogP contribution in [-0.4, -0.2) is 4.57 Å². The summed E-state index contributed by atoms with van der Waals surface area (Å²) in [6.45, 7) is 4.50. The monoisotopic (exact) mass is 249 g/mol. The molecular weight excluding hydrogens is 230 g/mol. The van der Waals surface area contributed by atoms with Crippen LogP contribution in [0.2, 0.25) is 0 Å². The van der Waals surface area contributed by atoms with E-state index in [-0.39, 0.29) is 0 Å². The molecular formula is C18H19N. The van der Waals surface area contributed by atoms with Crippen LogP contribution in [0.15, 0.2) is 54.7 Å². The van der Waals surface area contributed by atoms with E-state index in [2.05, 4.69) is 80.2 Å². The van der Waals surface area contributed by atoms with Gasteiger partial charge in [-0.1, -0.05) is 44.2 Å². The van der Waals surface area contributed by atoms with Crippen LogP contribution in [0, 0.1) is 0 Å². The van der Waals surface area contributed by atoms with E-state index in [1.807, 2.05) is 0 Å². The molecule has 3 rings (SSSR count). The molecule has 0 bridgehead atoms. The second-order valence-corrected chi connectivity index (χ2v) is 5.44. The number of benzene rings is 2. The van der Waals surface area contributed by atoms with Gasteiger partial charge in [-0.05, 0) is 40.8 Å². The first-order chi connectivity index (χ1) is 9.16. The maximum atomic E-state index is 2.29. The number of aryl methyl sites for hydroxylation is 1. The standard InChI is InChI=1S/C18H19N/c1-13(2)16-6-4-5-7-17(16)14-8-9-18-15(12-14)10-11-19(18)3/h4-13H,1-3H3. The van der Waals surface area contributed by atoms with Crippen molar-refractivity contribution in [3.8, 4) is 11.1 Å². The molecule has 0 atom stereocenters. The van der Waals surface area contributed by atoms with Crippen LogP contribution in [0.5, 0.6) is 0 Å². The van der Waals surface area contributed by atoms with Crippen LogP contribution in [0.3, 0.4) is 0 Å². The lowest BCUT2D eigenvalue weighted by Gasteiger charge is -2.13. The van der Waals surface area contributed by atoms with Crippen molar-refractivity contribution in [1.82, 2.24) is 4.57 Å². The van der Waals surface area contributed by atoms with E-state index in [1.54, 1.807) is 0 Å². The molecule has 0 amide bonds. The lowest BCUT2D eigenvalue weighted by molar-refractivity contribution is 0.869. The Labute approximate surface area is 114 Å². The van der Waals surface area contributed by atoms with Crippen molar-refractivity contribution in [1.29, 1.82) is 0 Å². The van der Waals surface area contributed by atoms with Gasteiger partial charge in [-0.15, -0.1) is 0 Å². The zero-order valence-corrected chi connectivity index (χ0v) is 11.7. The highest BCUT2D eigenvalue weighted by atomic mass is 14.9. The largest absolute Gasteiger partial charge is 0.351 e. The van der Waals surface area contributed by atoms with Gasteiger partial charge in [0.1, 0.15) is 0 Å². The van der Waals surface area contributed by atoms with E-state index in [1.165, 1.54) is 27.6 Å². The first kappa shape index (κ1) is 12.0. The Bertz CT molecular complexity index is 719. The van der Waals surface area contributed by atoms with Gasteiger partial charge in [0.25, 0.3) is 0 Å². The van der Waals surface area contributed by atoms with Crippen LogP contribution in [0.1, 0.15) is 25.3 Å². The van der Waals surface area contributed by atoms with Gasteiger partial charge in [-0.3, -0.25) is 0 Å². The van der Waals surface area contributed by atoms with E-state index in [4.69, 9.17) is 0 Å². The fourth-order valence-electron chi connectivity index (χ4n) is 2.71. The average Bonchev–Trinajstić information content (AvgIpc) is 2.80. The van der Waals surface area contributed by atoms with Gasteiger partial charge in [0, 0.05) is 24.1 Å². The zero-order valence-electron chi connectivity index (χ0n) is 11.7. The molecule has 0 saturated heterocycles. The Morgan fingerprint density at radius 3 is 2.53 bits per heavy atom. The molecule has 96 valence electrons. The number of aromatic nitrogens is 1. The van der Waals surface area contributed by atoms with Crippen molar-refractivity contribution in [2.75, 3.05) is 0 Å². The van der Waals surface area contributed by atoms with Crippen molar-refractivity contribution >= 4 is 10.9 Å². The average molecular weight is 249 g/mol. The molecule has 0 aliphatic heterocycles. The Kier molecular flexibility index (Phi) is 2.90. The van der Waals surface area contributed by atoms with Crippen LogP contribution in [-0.2, 0) is 7.05 Å². The summed E-state index contributed by atoms with van der Waals surface area (Å²) in [7, 11) is 2.09. The SMILES string of the molecule is CC(C)c1ccccc1-c1ccc2c(ccn2C)c1. The van der Waals surface area contributed by atoms with Gasteiger partial charge in [0.05, 0.1) is 0 Å². The molecule has 0 aliphatic carbocycles. The van der Waals surface area contributed by atoms with Gasteiger partial charge < -0.3 is 4.57 Å². The van der Waals surface area contributed by atoms with Gasteiger partial charge in [0.15, 0.2) is 0 Å². The topological polar surface area (TPSA) is 4.93 Å². The van der Waals surface area contributed by atoms with E-state index in [9.17, 15) is 0 Å². The van der Waals surface area contributed by atoms with Gasteiger partial charge in [0.2, 0.25) is 0 Å². The Morgan fingerprint density at radius 2 is 1.74 bits per heavy atom. The molecule has 0 fully saturated rings. The molecule has 0 aliphatic rings. The second kappa shape index (κ2) is 4.58. The van der Waals surface area contributed by atoms with Crippen molar-refractivity contribution in [2.24, 2.45) is 7.05 Å². The summed E-state index contributed by atoms with van der Waals surface area (Å²) in [4.78, 5) is 0. The van der Waals surface area contributed by atoms with Gasteiger partial charge >= 0.3 is 0 Å². The van der Waals surface area contributed by atoms with Crippen molar-refractivity contribution in [3.63, 3.8) is 0 Å². The maximum Gasteiger partial charge on any atom is 0.0478 e. The number of hydrogen-bond acceptors (Lipinski definition) is 0. The van der Waals surface area contributed by atoms with Crippen molar-refractivity contribution in [2.45, 2.75) is 19.8 Å². The number of nitrogens with zero attached hydrogens (tertiary/aromatic N) is 1. The normalized spacial score (nSPS) is 11.4. The lowest BCUT2D eigenvalue weighted by atomic mass is 9.92. The summed E-state index contributed by atoms with van der Waals surface area (Å²) in [5, 5.41) is 1.30. The molecule has 1 aromatic heterocycles. The smallest absolute Gasteiger partial charge is 0.0478 e. The van der Waals surface area contributed by atoms with Gasteiger partial charge in [-0.25, -0.2) is 0 Å². The van der Waals surface area contributed by atoms with Crippen molar-refractivity contribution in [3.05, 3.63) is 60.3 Å². The Morgan fingerprint density at radius 1 is 0.947 bits per heavy atom. The summed E-state index contributed by atoms with van der Waals surface area (Å²) >= 11 is 0. The second-order valence-electron chi connectivity index (χ2n) is 5.44.